The number of nitro benzene ring substituents is 1. The number of amides is 1. The van der Waals surface area contributed by atoms with E-state index in [2.05, 4.69) is 10.6 Å². The van der Waals surface area contributed by atoms with Gasteiger partial charge in [-0.15, -0.1) is 0 Å². The fourth-order valence-electron chi connectivity index (χ4n) is 3.52. The lowest BCUT2D eigenvalue weighted by Gasteiger charge is -2.11. The molecule has 0 atom stereocenters. The molecule has 0 saturated carbocycles. The van der Waals surface area contributed by atoms with Gasteiger partial charge < -0.3 is 15.1 Å². The van der Waals surface area contributed by atoms with Gasteiger partial charge in [0.05, 0.1) is 10.5 Å². The molecule has 3 rings (SSSR count). The topological polar surface area (TPSA) is 114 Å². The maximum Gasteiger partial charge on any atom is 0.416 e. The van der Waals surface area contributed by atoms with Crippen LogP contribution < -0.4 is 16.3 Å². The van der Waals surface area contributed by atoms with Gasteiger partial charge in [0.15, 0.2) is 0 Å². The van der Waals surface area contributed by atoms with Gasteiger partial charge in [0.1, 0.15) is 11.3 Å². The minimum atomic E-state index is -4.70. The third-order valence-electron chi connectivity index (χ3n) is 5.33. The van der Waals surface area contributed by atoms with E-state index in [1.54, 1.807) is 13.0 Å². The third-order valence-corrected chi connectivity index (χ3v) is 5.33. The van der Waals surface area contributed by atoms with Crippen LogP contribution in [0.4, 0.5) is 24.5 Å². The zero-order chi connectivity index (χ0) is 25.0. The van der Waals surface area contributed by atoms with Gasteiger partial charge in [0.25, 0.3) is 5.69 Å². The number of benzene rings is 2. The van der Waals surface area contributed by atoms with Gasteiger partial charge in [0.2, 0.25) is 5.91 Å². The summed E-state index contributed by atoms with van der Waals surface area (Å²) in [4.78, 5) is 34.7. The Bertz CT molecular complexity index is 1300. The Hall–Kier alpha value is -3.89. The Morgan fingerprint density at radius 3 is 2.53 bits per heavy atom. The summed E-state index contributed by atoms with van der Waals surface area (Å²) < 4.78 is 43.7. The molecular formula is C23H22F3N3O5. The van der Waals surface area contributed by atoms with Crippen LogP contribution in [-0.2, 0) is 17.4 Å². The first-order valence-electron chi connectivity index (χ1n) is 10.4. The number of fused-ring (bicyclic) bond motifs is 1. The van der Waals surface area contributed by atoms with Gasteiger partial charge in [0, 0.05) is 36.5 Å². The molecule has 180 valence electrons. The highest BCUT2D eigenvalue weighted by Gasteiger charge is 2.33. The number of nitro groups is 1. The summed E-state index contributed by atoms with van der Waals surface area (Å²) in [5, 5.41) is 17.2. The second-order valence-electron chi connectivity index (χ2n) is 7.76. The van der Waals surface area contributed by atoms with E-state index in [1.807, 2.05) is 19.1 Å². The first kappa shape index (κ1) is 24.7. The molecule has 0 spiro atoms. The number of rotatable bonds is 8. The van der Waals surface area contributed by atoms with Crippen LogP contribution in [0.3, 0.4) is 0 Å². The van der Waals surface area contributed by atoms with E-state index in [0.717, 1.165) is 28.6 Å². The smallest absolute Gasteiger partial charge is 0.416 e. The molecule has 1 heterocycles. The Labute approximate surface area is 191 Å². The molecular weight excluding hydrogens is 455 g/mol. The first-order chi connectivity index (χ1) is 16.0. The molecule has 3 aromatic rings. The maximum absolute atomic E-state index is 12.8. The Balaban J connectivity index is 1.55. The van der Waals surface area contributed by atoms with Crippen molar-refractivity contribution in [2.45, 2.75) is 32.9 Å². The highest BCUT2D eigenvalue weighted by atomic mass is 19.4. The Kier molecular flexibility index (Phi) is 7.23. The van der Waals surface area contributed by atoms with Crippen LogP contribution in [0.15, 0.2) is 45.6 Å². The normalized spacial score (nSPS) is 11.4. The number of carbonyl (C=O) groups is 1. The zero-order valence-corrected chi connectivity index (χ0v) is 18.4. The van der Waals surface area contributed by atoms with Crippen LogP contribution in [0.1, 0.15) is 28.7 Å². The molecule has 1 amide bonds. The van der Waals surface area contributed by atoms with Gasteiger partial charge in [-0.05, 0) is 49.6 Å². The fourth-order valence-corrected chi connectivity index (χ4v) is 3.52. The molecule has 0 unspecified atom stereocenters. The summed E-state index contributed by atoms with van der Waals surface area (Å²) >= 11 is 0. The molecule has 11 heteroatoms. The van der Waals surface area contributed by atoms with Gasteiger partial charge in [-0.2, -0.15) is 13.2 Å². The van der Waals surface area contributed by atoms with Crippen molar-refractivity contribution >= 4 is 28.3 Å². The van der Waals surface area contributed by atoms with Crippen molar-refractivity contribution in [1.29, 1.82) is 0 Å². The van der Waals surface area contributed by atoms with Crippen molar-refractivity contribution in [3.05, 3.63) is 79.2 Å². The van der Waals surface area contributed by atoms with Gasteiger partial charge in [-0.1, -0.05) is 12.1 Å². The summed E-state index contributed by atoms with van der Waals surface area (Å²) in [5.74, 6) is -0.355. The van der Waals surface area contributed by atoms with Crippen LogP contribution in [0, 0.1) is 24.0 Å². The molecule has 0 saturated heterocycles. The molecule has 2 N–H and O–H groups in total. The highest BCUT2D eigenvalue weighted by Crippen LogP contribution is 2.34. The summed E-state index contributed by atoms with van der Waals surface area (Å²) in [6.07, 6.45) is -4.51. The van der Waals surface area contributed by atoms with E-state index >= 15 is 0 Å². The molecule has 0 fully saturated rings. The number of carbonyl (C=O) groups excluding carboxylic acids is 1. The molecule has 0 bridgehead atoms. The lowest BCUT2D eigenvalue weighted by Crippen LogP contribution is -2.29. The number of halogens is 3. The number of nitrogens with one attached hydrogen (secondary N) is 2. The summed E-state index contributed by atoms with van der Waals surface area (Å²) in [6, 6.07) is 7.71. The van der Waals surface area contributed by atoms with Crippen molar-refractivity contribution < 1.29 is 27.3 Å². The Morgan fingerprint density at radius 1 is 1.12 bits per heavy atom. The number of alkyl halides is 3. The van der Waals surface area contributed by atoms with Crippen LogP contribution in [0.2, 0.25) is 0 Å². The van der Waals surface area contributed by atoms with Gasteiger partial charge in [-0.3, -0.25) is 14.9 Å². The lowest BCUT2D eigenvalue weighted by atomic mass is 10.0. The quantitative estimate of drug-likeness (QED) is 0.214. The average molecular weight is 477 g/mol. The Morgan fingerprint density at radius 2 is 1.85 bits per heavy atom. The largest absolute Gasteiger partial charge is 0.423 e. The maximum atomic E-state index is 12.8. The van der Waals surface area contributed by atoms with Crippen LogP contribution in [-0.4, -0.2) is 23.9 Å². The predicted octanol–water partition coefficient (Wildman–Crippen LogP) is 4.50. The molecule has 0 radical (unpaired) electrons. The molecule has 0 aliphatic heterocycles. The molecule has 1 aromatic heterocycles. The number of hydrogen-bond donors (Lipinski definition) is 2. The van der Waals surface area contributed by atoms with E-state index in [9.17, 15) is 32.9 Å². The monoisotopic (exact) mass is 477 g/mol. The van der Waals surface area contributed by atoms with Gasteiger partial charge >= 0.3 is 11.8 Å². The van der Waals surface area contributed by atoms with E-state index < -0.39 is 28.0 Å². The second-order valence-corrected chi connectivity index (χ2v) is 7.76. The number of nitrogens with zero attached hydrogens (tertiary/aromatic N) is 1. The van der Waals surface area contributed by atoms with Crippen LogP contribution >= 0.6 is 0 Å². The summed E-state index contributed by atoms with van der Waals surface area (Å²) in [5.41, 5.74) is 0.167. The first-order valence-corrected chi connectivity index (χ1v) is 10.4. The molecule has 0 aliphatic carbocycles. The molecule has 8 nitrogen and oxygen atoms in total. The molecule has 34 heavy (non-hydrogen) atoms. The summed E-state index contributed by atoms with van der Waals surface area (Å²) in [7, 11) is 0. The molecule has 2 aromatic carbocycles. The average Bonchev–Trinajstić information content (AvgIpc) is 2.75. The van der Waals surface area contributed by atoms with E-state index in [0.29, 0.717) is 17.2 Å². The van der Waals surface area contributed by atoms with Crippen molar-refractivity contribution in [2.75, 3.05) is 18.4 Å². The number of anilines is 1. The SMILES string of the molecule is Cc1ccc2c(C)c(CCC(=O)NCCNc3ccc(C(F)(F)F)cc3[N+](=O)[O-])c(=O)oc2c1. The van der Waals surface area contributed by atoms with Gasteiger partial charge in [-0.25, -0.2) is 4.79 Å². The van der Waals surface area contributed by atoms with Crippen molar-refractivity contribution in [1.82, 2.24) is 5.32 Å². The molecule has 0 aliphatic rings. The summed E-state index contributed by atoms with van der Waals surface area (Å²) in [6.45, 7) is 3.80. The fraction of sp³-hybridized carbons (Fsp3) is 0.304. The zero-order valence-electron chi connectivity index (χ0n) is 18.4. The van der Waals surface area contributed by atoms with E-state index in [1.165, 1.54) is 0 Å². The van der Waals surface area contributed by atoms with Crippen LogP contribution in [0.5, 0.6) is 0 Å². The second kappa shape index (κ2) is 9.94. The van der Waals surface area contributed by atoms with Crippen molar-refractivity contribution in [2.24, 2.45) is 0 Å². The minimum absolute atomic E-state index is 0.0173. The standard InChI is InChI=1S/C23H22F3N3O5/c1-13-3-5-16-14(2)17(22(31)34-20(16)11-13)6-8-21(30)28-10-9-27-18-7-4-15(23(24,25)26)12-19(18)29(32)33/h3-5,7,11-12,27H,6,8-10H2,1-2H3,(H,28,30). The highest BCUT2D eigenvalue weighted by molar-refractivity contribution is 5.82. The van der Waals surface area contributed by atoms with E-state index in [4.69, 9.17) is 4.42 Å². The lowest BCUT2D eigenvalue weighted by molar-refractivity contribution is -0.384. The van der Waals surface area contributed by atoms with Crippen molar-refractivity contribution in [3.63, 3.8) is 0 Å². The van der Waals surface area contributed by atoms with E-state index in [-0.39, 0.29) is 37.5 Å². The minimum Gasteiger partial charge on any atom is -0.423 e. The number of hydrogen-bond acceptors (Lipinski definition) is 6. The number of aryl methyl sites for hydroxylation is 2. The third kappa shape index (κ3) is 5.72. The van der Waals surface area contributed by atoms with Crippen molar-refractivity contribution in [3.8, 4) is 0 Å². The predicted molar refractivity (Wildman–Crippen MR) is 120 cm³/mol. The van der Waals surface area contributed by atoms with Crippen LogP contribution in [0.25, 0.3) is 11.0 Å².